The minimum Gasteiger partial charge on any atom is -0.267 e. The van der Waals surface area contributed by atoms with Gasteiger partial charge in [-0.25, -0.2) is 8.78 Å². The van der Waals surface area contributed by atoms with Gasteiger partial charge in [-0.05, 0) is 0 Å². The molecular weight excluding hydrogens is 164 g/mol. The molecule has 0 aliphatic heterocycles. The number of rotatable bonds is 2. The van der Waals surface area contributed by atoms with Crippen molar-refractivity contribution in [3.8, 4) is 0 Å². The summed E-state index contributed by atoms with van der Waals surface area (Å²) < 4.78 is 67.5. The number of halogens is 6. The Hall–Kier alpha value is -0.460. The summed E-state index contributed by atoms with van der Waals surface area (Å²) in [7, 11) is 0. The lowest BCUT2D eigenvalue weighted by Gasteiger charge is -2.20. The molecular formula is C3H3F6N. The highest BCUT2D eigenvalue weighted by molar-refractivity contribution is 4.81. The molecule has 10 heavy (non-hydrogen) atoms. The molecule has 0 radical (unpaired) electrons. The van der Waals surface area contributed by atoms with Crippen molar-refractivity contribution >= 4 is 0 Å². The summed E-state index contributed by atoms with van der Waals surface area (Å²) in [5.74, 6) is -5.45. The molecule has 7 heteroatoms. The van der Waals surface area contributed by atoms with Crippen molar-refractivity contribution in [2.75, 3.05) is 0 Å². The van der Waals surface area contributed by atoms with E-state index in [2.05, 4.69) is 5.73 Å². The molecule has 0 fully saturated rings. The average Bonchev–Trinajstić information content (AvgIpc) is 1.62. The molecule has 62 valence electrons. The van der Waals surface area contributed by atoms with Gasteiger partial charge in [0, 0.05) is 0 Å². The van der Waals surface area contributed by atoms with Crippen LogP contribution >= 0.6 is 0 Å². The third-order valence-electron chi connectivity index (χ3n) is 0.718. The summed E-state index contributed by atoms with van der Waals surface area (Å²) in [5, 5.41) is 0. The highest BCUT2D eigenvalue weighted by atomic mass is 19.3. The highest BCUT2D eigenvalue weighted by Gasteiger charge is 2.60. The van der Waals surface area contributed by atoms with Gasteiger partial charge in [0.05, 0.1) is 0 Å². The van der Waals surface area contributed by atoms with E-state index in [0.717, 1.165) is 0 Å². The minimum atomic E-state index is -5.45. The van der Waals surface area contributed by atoms with E-state index in [9.17, 15) is 26.3 Å². The van der Waals surface area contributed by atoms with Crippen LogP contribution in [0, 0.1) is 0 Å². The van der Waals surface area contributed by atoms with E-state index < -0.39 is 18.4 Å². The van der Waals surface area contributed by atoms with Crippen LogP contribution in [0.1, 0.15) is 0 Å². The zero-order chi connectivity index (χ0) is 8.58. The number of nitrogens with two attached hydrogens (primary N) is 1. The highest BCUT2D eigenvalue weighted by Crippen LogP contribution is 2.34. The van der Waals surface area contributed by atoms with Gasteiger partial charge in [-0.15, -0.1) is 0 Å². The summed E-state index contributed by atoms with van der Waals surface area (Å²) in [4.78, 5) is 0. The third-order valence-corrected chi connectivity index (χ3v) is 0.718. The van der Waals surface area contributed by atoms with Gasteiger partial charge < -0.3 is 0 Å². The molecule has 1 nitrogen and oxygen atoms in total. The monoisotopic (exact) mass is 167 g/mol. The maximum Gasteiger partial charge on any atom is 0.383 e. The zero-order valence-electron chi connectivity index (χ0n) is 4.42. The number of alkyl halides is 6. The number of hydrogen-bond acceptors (Lipinski definition) is 1. The van der Waals surface area contributed by atoms with Crippen LogP contribution in [-0.2, 0) is 0 Å². The summed E-state index contributed by atoms with van der Waals surface area (Å²) >= 11 is 0. The molecule has 0 aromatic carbocycles. The largest absolute Gasteiger partial charge is 0.383 e. The van der Waals surface area contributed by atoms with Crippen LogP contribution in [0.2, 0.25) is 0 Å². The quantitative estimate of drug-likeness (QED) is 0.488. The topological polar surface area (TPSA) is 26.0 Å². The van der Waals surface area contributed by atoms with Gasteiger partial charge in [0.1, 0.15) is 0 Å². The van der Waals surface area contributed by atoms with Gasteiger partial charge in [-0.1, -0.05) is 0 Å². The molecule has 0 spiro atoms. The van der Waals surface area contributed by atoms with Crippen LogP contribution < -0.4 is 5.73 Å². The molecule has 0 aromatic heterocycles. The maximum atomic E-state index is 11.4. The van der Waals surface area contributed by atoms with Crippen LogP contribution in [0.3, 0.4) is 0 Å². The van der Waals surface area contributed by atoms with Crippen LogP contribution in [0.5, 0.6) is 0 Å². The lowest BCUT2D eigenvalue weighted by Crippen LogP contribution is -2.52. The second-order valence-corrected chi connectivity index (χ2v) is 1.55. The van der Waals surface area contributed by atoms with Gasteiger partial charge >= 0.3 is 18.4 Å². The molecule has 0 bridgehead atoms. The van der Waals surface area contributed by atoms with Crippen molar-refractivity contribution in [3.05, 3.63) is 0 Å². The predicted molar refractivity (Wildman–Crippen MR) is 20.1 cm³/mol. The Bertz CT molecular complexity index is 115. The van der Waals surface area contributed by atoms with Crippen molar-refractivity contribution < 1.29 is 26.3 Å². The predicted octanol–water partition coefficient (Wildman–Crippen LogP) is 1.44. The van der Waals surface area contributed by atoms with E-state index >= 15 is 0 Å². The van der Waals surface area contributed by atoms with Crippen molar-refractivity contribution in [2.45, 2.75) is 18.4 Å². The molecule has 0 saturated heterocycles. The molecule has 0 saturated carbocycles. The molecule has 0 aliphatic rings. The Balaban J connectivity index is 4.40. The molecule has 0 rings (SSSR count). The van der Waals surface area contributed by atoms with Crippen LogP contribution in [0.25, 0.3) is 0 Å². The van der Waals surface area contributed by atoms with Gasteiger partial charge in [-0.3, -0.25) is 5.73 Å². The molecule has 0 heterocycles. The molecule has 0 aliphatic carbocycles. The molecule has 0 aromatic rings. The van der Waals surface area contributed by atoms with Gasteiger partial charge in [0.15, 0.2) is 0 Å². The lowest BCUT2D eigenvalue weighted by atomic mass is 10.3. The van der Waals surface area contributed by atoms with Gasteiger partial charge in [-0.2, -0.15) is 17.6 Å². The second-order valence-electron chi connectivity index (χ2n) is 1.55. The van der Waals surface area contributed by atoms with E-state index in [-0.39, 0.29) is 0 Å². The first-order valence-electron chi connectivity index (χ1n) is 2.02. The lowest BCUT2D eigenvalue weighted by molar-refractivity contribution is -0.260. The summed E-state index contributed by atoms with van der Waals surface area (Å²) in [6, 6.07) is -5.17. The van der Waals surface area contributed by atoms with E-state index in [4.69, 9.17) is 0 Å². The Morgan fingerprint density at radius 2 is 1.30 bits per heavy atom. The Morgan fingerprint density at radius 3 is 1.30 bits per heavy atom. The van der Waals surface area contributed by atoms with Crippen molar-refractivity contribution in [3.63, 3.8) is 0 Å². The first-order valence-corrected chi connectivity index (χ1v) is 2.02. The smallest absolute Gasteiger partial charge is 0.267 e. The fraction of sp³-hybridized carbons (Fsp3) is 1.00. The molecule has 0 unspecified atom stereocenters. The van der Waals surface area contributed by atoms with Crippen LogP contribution in [-0.4, -0.2) is 18.4 Å². The van der Waals surface area contributed by atoms with Crippen LogP contribution in [0.15, 0.2) is 0 Å². The number of hydrogen-bond donors (Lipinski definition) is 1. The van der Waals surface area contributed by atoms with Gasteiger partial charge in [0.2, 0.25) is 0 Å². The van der Waals surface area contributed by atoms with Crippen molar-refractivity contribution in [1.29, 1.82) is 0 Å². The molecule has 0 amide bonds. The van der Waals surface area contributed by atoms with Gasteiger partial charge in [0.25, 0.3) is 0 Å². The van der Waals surface area contributed by atoms with E-state index in [0.29, 0.717) is 0 Å². The van der Waals surface area contributed by atoms with Crippen molar-refractivity contribution in [2.24, 2.45) is 5.73 Å². The second kappa shape index (κ2) is 2.30. The minimum absolute atomic E-state index is 3.45. The van der Waals surface area contributed by atoms with Crippen LogP contribution in [0.4, 0.5) is 26.3 Å². The Kier molecular flexibility index (Phi) is 2.19. The average molecular weight is 167 g/mol. The van der Waals surface area contributed by atoms with E-state index in [1.807, 2.05) is 0 Å². The summed E-state index contributed by atoms with van der Waals surface area (Å²) in [5.41, 5.74) is 3.45. The van der Waals surface area contributed by atoms with E-state index in [1.54, 1.807) is 0 Å². The maximum absolute atomic E-state index is 11.4. The molecule has 0 atom stereocenters. The van der Waals surface area contributed by atoms with Crippen molar-refractivity contribution in [1.82, 2.24) is 0 Å². The first-order chi connectivity index (χ1) is 4.19. The zero-order valence-corrected chi connectivity index (χ0v) is 4.42. The standard InChI is InChI=1S/C3H3F6N/c4-1(5)2(6,7)3(8,9)10/h1H,10H2. The SMILES string of the molecule is NC(F)(F)C(F)(F)C(F)F. The first kappa shape index (κ1) is 9.54. The fourth-order valence-electron chi connectivity index (χ4n) is 0.145. The fourth-order valence-corrected chi connectivity index (χ4v) is 0.145. The summed E-state index contributed by atoms with van der Waals surface area (Å²) in [6.45, 7) is 0. The Morgan fingerprint density at radius 1 is 1.00 bits per heavy atom. The molecule has 2 N–H and O–H groups in total. The van der Waals surface area contributed by atoms with E-state index in [1.165, 1.54) is 0 Å². The normalized spacial score (nSPS) is 14.4. The Labute approximate surface area is 51.8 Å². The summed E-state index contributed by atoms with van der Waals surface area (Å²) in [6.07, 6.45) is -4.45. The third kappa shape index (κ3) is 1.53.